The molecule has 28 heavy (non-hydrogen) atoms. The number of hydrogen-bond donors (Lipinski definition) is 1. The third-order valence-electron chi connectivity index (χ3n) is 3.57. The summed E-state index contributed by atoms with van der Waals surface area (Å²) < 4.78 is 63.5. The van der Waals surface area contributed by atoms with Crippen molar-refractivity contribution in [1.29, 1.82) is 0 Å². The molecule has 0 bridgehead atoms. The highest BCUT2D eigenvalue weighted by atomic mass is 127. The van der Waals surface area contributed by atoms with Crippen LogP contribution in [0, 0.1) is 10.7 Å². The van der Waals surface area contributed by atoms with Crippen LogP contribution in [0.25, 0.3) is 0 Å². The Hall–Kier alpha value is 0.120. The SMILES string of the molecule is CC(OC(=O)CCCN(C)C(=O)c1cc(I)cc(I)c1I)C(F)(F)S(=O)(=O)O. The van der Waals surface area contributed by atoms with Crippen LogP contribution >= 0.6 is 67.8 Å². The lowest BCUT2D eigenvalue weighted by molar-refractivity contribution is -0.159. The van der Waals surface area contributed by atoms with Gasteiger partial charge in [0.2, 0.25) is 0 Å². The summed E-state index contributed by atoms with van der Waals surface area (Å²) in [5.41, 5.74) is 0.517. The van der Waals surface area contributed by atoms with Gasteiger partial charge in [-0.05, 0) is 93.2 Å². The van der Waals surface area contributed by atoms with Crippen LogP contribution in [-0.2, 0) is 19.6 Å². The van der Waals surface area contributed by atoms with Crippen molar-refractivity contribution >= 4 is 89.8 Å². The van der Waals surface area contributed by atoms with Crippen LogP contribution < -0.4 is 0 Å². The van der Waals surface area contributed by atoms with Crippen molar-refractivity contribution in [1.82, 2.24) is 4.90 Å². The Morgan fingerprint density at radius 3 is 2.39 bits per heavy atom. The standard InChI is InChI=1S/C15H16F2I3NO6S/c1-8(15(16,17)28(24,25)26)27-12(22)4-3-5-21(2)14(23)10-6-9(18)7-11(19)13(10)20/h6-8H,3-5H2,1-2H3,(H,24,25,26). The summed E-state index contributed by atoms with van der Waals surface area (Å²) in [6, 6.07) is 3.68. The molecule has 158 valence electrons. The van der Waals surface area contributed by atoms with E-state index in [1.54, 1.807) is 13.1 Å². The molecule has 0 saturated carbocycles. The normalized spacial score (nSPS) is 13.1. The maximum atomic E-state index is 13.4. The quantitative estimate of drug-likeness (QED) is 0.188. The molecule has 0 aliphatic carbocycles. The van der Waals surface area contributed by atoms with Crippen LogP contribution in [0.15, 0.2) is 12.1 Å². The predicted molar refractivity (Wildman–Crippen MR) is 123 cm³/mol. The average Bonchev–Trinajstić information content (AvgIpc) is 2.56. The van der Waals surface area contributed by atoms with Crippen LogP contribution in [0.4, 0.5) is 8.78 Å². The first-order valence-corrected chi connectivity index (χ1v) is 12.3. The molecule has 7 nitrogen and oxygen atoms in total. The van der Waals surface area contributed by atoms with Crippen LogP contribution in [0.5, 0.6) is 0 Å². The molecule has 0 saturated heterocycles. The average molecular weight is 757 g/mol. The number of hydrogen-bond acceptors (Lipinski definition) is 5. The van der Waals surface area contributed by atoms with Gasteiger partial charge in [0.25, 0.3) is 5.91 Å². The zero-order valence-electron chi connectivity index (χ0n) is 14.6. The van der Waals surface area contributed by atoms with Gasteiger partial charge in [0.15, 0.2) is 6.10 Å². The number of halogens is 5. The Kier molecular flexibility index (Phi) is 9.74. The second-order valence-electron chi connectivity index (χ2n) is 5.75. The Morgan fingerprint density at radius 1 is 1.29 bits per heavy atom. The van der Waals surface area contributed by atoms with Gasteiger partial charge in [-0.15, -0.1) is 0 Å². The van der Waals surface area contributed by atoms with Crippen molar-refractivity contribution in [2.75, 3.05) is 13.6 Å². The Balaban J connectivity index is 2.62. The molecule has 1 rings (SSSR count). The minimum absolute atomic E-state index is 0.128. The molecule has 0 aliphatic rings. The Morgan fingerprint density at radius 2 is 1.86 bits per heavy atom. The summed E-state index contributed by atoms with van der Waals surface area (Å²) in [5, 5.41) is -4.60. The fraction of sp³-hybridized carbons (Fsp3) is 0.467. The highest BCUT2D eigenvalue weighted by molar-refractivity contribution is 14.1. The minimum Gasteiger partial charge on any atom is -0.455 e. The van der Waals surface area contributed by atoms with E-state index in [4.69, 9.17) is 4.55 Å². The van der Waals surface area contributed by atoms with Gasteiger partial charge in [0.1, 0.15) is 0 Å². The molecule has 1 aromatic carbocycles. The first-order chi connectivity index (χ1) is 12.7. The minimum atomic E-state index is -5.70. The second-order valence-corrected chi connectivity index (χ2v) is 10.7. The monoisotopic (exact) mass is 757 g/mol. The van der Waals surface area contributed by atoms with E-state index < -0.39 is 27.4 Å². The van der Waals surface area contributed by atoms with Gasteiger partial charge >= 0.3 is 21.3 Å². The lowest BCUT2D eigenvalue weighted by Crippen LogP contribution is -2.42. The lowest BCUT2D eigenvalue weighted by atomic mass is 10.2. The molecule has 0 fully saturated rings. The summed E-state index contributed by atoms with van der Waals surface area (Å²) in [7, 11) is -4.15. The molecule has 0 radical (unpaired) electrons. The molecule has 1 aromatic rings. The van der Waals surface area contributed by atoms with E-state index in [1.807, 2.05) is 6.07 Å². The summed E-state index contributed by atoms with van der Waals surface area (Å²) in [5.74, 6) is -1.31. The number of esters is 1. The summed E-state index contributed by atoms with van der Waals surface area (Å²) in [4.78, 5) is 25.6. The molecule has 1 atom stereocenters. The third-order valence-corrected chi connectivity index (χ3v) is 8.26. The maximum absolute atomic E-state index is 13.4. The van der Waals surface area contributed by atoms with Crippen LogP contribution in [0.2, 0.25) is 0 Å². The number of ether oxygens (including phenoxy) is 1. The lowest BCUT2D eigenvalue weighted by Gasteiger charge is -2.21. The molecule has 0 aliphatic heterocycles. The van der Waals surface area contributed by atoms with Gasteiger partial charge in [-0.25, -0.2) is 0 Å². The van der Waals surface area contributed by atoms with E-state index in [-0.39, 0.29) is 25.3 Å². The van der Waals surface area contributed by atoms with E-state index in [0.29, 0.717) is 12.5 Å². The van der Waals surface area contributed by atoms with Crippen LogP contribution in [0.1, 0.15) is 30.1 Å². The van der Waals surface area contributed by atoms with Crippen molar-refractivity contribution in [3.8, 4) is 0 Å². The fourth-order valence-electron chi connectivity index (χ4n) is 2.01. The molecule has 0 spiro atoms. The zero-order valence-corrected chi connectivity index (χ0v) is 21.9. The van der Waals surface area contributed by atoms with Gasteiger partial charge in [0.05, 0.1) is 5.56 Å². The number of amides is 1. The van der Waals surface area contributed by atoms with Gasteiger partial charge in [-0.3, -0.25) is 14.1 Å². The van der Waals surface area contributed by atoms with E-state index in [0.717, 1.165) is 10.7 Å². The third kappa shape index (κ3) is 6.83. The zero-order chi connectivity index (χ0) is 21.9. The topological polar surface area (TPSA) is 101 Å². The highest BCUT2D eigenvalue weighted by Gasteiger charge is 2.51. The molecule has 0 aromatic heterocycles. The van der Waals surface area contributed by atoms with E-state index in [2.05, 4.69) is 72.5 Å². The van der Waals surface area contributed by atoms with Crippen LogP contribution in [0.3, 0.4) is 0 Å². The van der Waals surface area contributed by atoms with E-state index in [1.165, 1.54) is 4.90 Å². The number of benzene rings is 1. The van der Waals surface area contributed by atoms with Crippen molar-refractivity contribution in [2.45, 2.75) is 31.1 Å². The number of carbonyl (C=O) groups is 2. The molecule has 13 heteroatoms. The summed E-state index contributed by atoms with van der Waals surface area (Å²) >= 11 is 6.30. The fourth-order valence-corrected chi connectivity index (χ4v) is 4.87. The second kappa shape index (κ2) is 10.4. The Bertz CT molecular complexity index is 866. The number of nitrogens with zero attached hydrogens (tertiary/aromatic N) is 1. The number of alkyl halides is 2. The first-order valence-electron chi connectivity index (χ1n) is 7.62. The maximum Gasteiger partial charge on any atom is 0.405 e. The van der Waals surface area contributed by atoms with Gasteiger partial charge in [-0.2, -0.15) is 17.2 Å². The van der Waals surface area contributed by atoms with E-state index in [9.17, 15) is 26.8 Å². The molecular weight excluding hydrogens is 741 g/mol. The van der Waals surface area contributed by atoms with Crippen molar-refractivity contribution in [3.05, 3.63) is 28.4 Å². The summed E-state index contributed by atoms with van der Waals surface area (Å²) in [6.07, 6.45) is -2.52. The summed E-state index contributed by atoms with van der Waals surface area (Å²) in [6.45, 7) is 0.830. The molecule has 0 heterocycles. The highest BCUT2D eigenvalue weighted by Crippen LogP contribution is 2.27. The molecular formula is C15H16F2I3NO6S. The number of carbonyl (C=O) groups excluding carboxylic acids is 2. The Labute approximate surface area is 202 Å². The van der Waals surface area contributed by atoms with Gasteiger partial charge in [0, 0.05) is 30.7 Å². The van der Waals surface area contributed by atoms with Gasteiger partial charge in [-0.1, -0.05) is 0 Å². The van der Waals surface area contributed by atoms with Gasteiger partial charge < -0.3 is 9.64 Å². The first kappa shape index (κ1) is 26.2. The molecule has 1 unspecified atom stereocenters. The van der Waals surface area contributed by atoms with Crippen molar-refractivity contribution in [3.63, 3.8) is 0 Å². The molecule has 1 N–H and O–H groups in total. The van der Waals surface area contributed by atoms with Crippen molar-refractivity contribution < 1.29 is 36.1 Å². The predicted octanol–water partition coefficient (Wildman–Crippen LogP) is 3.76. The van der Waals surface area contributed by atoms with Crippen molar-refractivity contribution in [2.24, 2.45) is 0 Å². The van der Waals surface area contributed by atoms with E-state index >= 15 is 0 Å². The smallest absolute Gasteiger partial charge is 0.405 e. The number of rotatable bonds is 8. The largest absolute Gasteiger partial charge is 0.455 e. The molecule has 1 amide bonds. The van der Waals surface area contributed by atoms with Crippen LogP contribution in [-0.4, -0.2) is 54.7 Å².